The van der Waals surface area contributed by atoms with E-state index in [1.165, 1.54) is 6.33 Å². The van der Waals surface area contributed by atoms with Gasteiger partial charge in [0.25, 0.3) is 5.91 Å². The van der Waals surface area contributed by atoms with Crippen LogP contribution in [0, 0.1) is 0 Å². The van der Waals surface area contributed by atoms with Crippen LogP contribution in [0.1, 0.15) is 35.3 Å². The van der Waals surface area contributed by atoms with Crippen molar-refractivity contribution in [3.05, 3.63) is 77.1 Å². The summed E-state index contributed by atoms with van der Waals surface area (Å²) in [7, 11) is 0. The van der Waals surface area contributed by atoms with E-state index in [0.717, 1.165) is 12.0 Å². The standard InChI is InChI=1S/C19H17ClN4O/c1-13-11-17(14-7-3-2-4-8-14)24-19(21-12-22-24)23(13)18(25)15-9-5-6-10-16(15)20/h2-10,12-13,17H,11H2,1H3. The molecule has 0 saturated heterocycles. The number of hydrogen-bond donors (Lipinski definition) is 0. The number of nitrogens with zero attached hydrogens (tertiary/aromatic N) is 4. The van der Waals surface area contributed by atoms with Crippen LogP contribution < -0.4 is 4.90 Å². The summed E-state index contributed by atoms with van der Waals surface area (Å²) in [4.78, 5) is 19.1. The zero-order valence-electron chi connectivity index (χ0n) is 13.7. The summed E-state index contributed by atoms with van der Waals surface area (Å²) < 4.78 is 1.82. The van der Waals surface area contributed by atoms with Crippen molar-refractivity contribution in [2.75, 3.05) is 4.90 Å². The first-order chi connectivity index (χ1) is 12.2. The highest BCUT2D eigenvalue weighted by atomic mass is 35.5. The summed E-state index contributed by atoms with van der Waals surface area (Å²) in [5.74, 6) is 0.399. The van der Waals surface area contributed by atoms with Gasteiger partial charge in [-0.3, -0.25) is 9.69 Å². The second kappa shape index (κ2) is 6.33. The molecule has 2 unspecified atom stereocenters. The molecule has 2 heterocycles. The molecular weight excluding hydrogens is 336 g/mol. The molecule has 1 aliphatic heterocycles. The largest absolute Gasteiger partial charge is 0.274 e. The highest BCUT2D eigenvalue weighted by molar-refractivity contribution is 6.34. The fraction of sp³-hybridized carbons (Fsp3) is 0.211. The zero-order chi connectivity index (χ0) is 17.4. The van der Waals surface area contributed by atoms with Gasteiger partial charge in [-0.1, -0.05) is 54.1 Å². The minimum absolute atomic E-state index is 0.0225. The van der Waals surface area contributed by atoms with E-state index in [9.17, 15) is 4.79 Å². The Labute approximate surface area is 150 Å². The summed E-state index contributed by atoms with van der Waals surface area (Å²) in [5, 5.41) is 4.82. The molecule has 1 amide bonds. The Kier molecular flexibility index (Phi) is 4.01. The van der Waals surface area contributed by atoms with Gasteiger partial charge >= 0.3 is 0 Å². The maximum Gasteiger partial charge on any atom is 0.262 e. The Hall–Kier alpha value is -2.66. The predicted octanol–water partition coefficient (Wildman–Crippen LogP) is 3.96. The van der Waals surface area contributed by atoms with E-state index < -0.39 is 0 Å². The summed E-state index contributed by atoms with van der Waals surface area (Å²) >= 11 is 6.22. The molecule has 5 nitrogen and oxygen atoms in total. The number of anilines is 1. The van der Waals surface area contributed by atoms with Crippen molar-refractivity contribution < 1.29 is 4.79 Å². The van der Waals surface area contributed by atoms with Crippen LogP contribution in [0.2, 0.25) is 5.02 Å². The normalized spacial score (nSPS) is 19.5. The van der Waals surface area contributed by atoms with E-state index >= 15 is 0 Å². The average molecular weight is 353 g/mol. The second-order valence-electron chi connectivity index (χ2n) is 6.17. The van der Waals surface area contributed by atoms with Gasteiger partial charge in [0.2, 0.25) is 5.95 Å². The van der Waals surface area contributed by atoms with Crippen LogP contribution >= 0.6 is 11.6 Å². The number of halogens is 1. The first kappa shape index (κ1) is 15.8. The minimum Gasteiger partial charge on any atom is -0.274 e. The topological polar surface area (TPSA) is 51.0 Å². The molecule has 2 aromatic carbocycles. The van der Waals surface area contributed by atoms with E-state index in [-0.39, 0.29) is 18.0 Å². The lowest BCUT2D eigenvalue weighted by Gasteiger charge is -2.37. The lowest BCUT2D eigenvalue weighted by molar-refractivity contribution is 0.0966. The Morgan fingerprint density at radius 1 is 1.12 bits per heavy atom. The monoisotopic (exact) mass is 352 g/mol. The number of benzene rings is 2. The van der Waals surface area contributed by atoms with Crippen molar-refractivity contribution in [1.29, 1.82) is 0 Å². The number of rotatable bonds is 2. The van der Waals surface area contributed by atoms with Crippen LogP contribution in [0.3, 0.4) is 0 Å². The Morgan fingerprint density at radius 2 is 1.84 bits per heavy atom. The Balaban J connectivity index is 1.76. The molecule has 0 saturated carbocycles. The highest BCUT2D eigenvalue weighted by Gasteiger charge is 2.37. The third kappa shape index (κ3) is 2.70. The molecule has 1 aliphatic rings. The van der Waals surface area contributed by atoms with Gasteiger partial charge in [-0.05, 0) is 31.0 Å². The van der Waals surface area contributed by atoms with Gasteiger partial charge in [0.1, 0.15) is 6.33 Å². The Morgan fingerprint density at radius 3 is 2.60 bits per heavy atom. The van der Waals surface area contributed by atoms with Crippen molar-refractivity contribution in [2.45, 2.75) is 25.4 Å². The van der Waals surface area contributed by atoms with Crippen molar-refractivity contribution >= 4 is 23.5 Å². The van der Waals surface area contributed by atoms with Gasteiger partial charge in [-0.2, -0.15) is 10.1 Å². The van der Waals surface area contributed by atoms with Gasteiger partial charge in [-0.25, -0.2) is 4.68 Å². The van der Waals surface area contributed by atoms with Crippen molar-refractivity contribution in [3.8, 4) is 0 Å². The van der Waals surface area contributed by atoms with E-state index in [2.05, 4.69) is 22.2 Å². The van der Waals surface area contributed by atoms with Crippen molar-refractivity contribution in [1.82, 2.24) is 14.8 Å². The van der Waals surface area contributed by atoms with Crippen LogP contribution in [-0.4, -0.2) is 26.7 Å². The Bertz CT molecular complexity index is 909. The lowest BCUT2D eigenvalue weighted by atomic mass is 9.97. The van der Waals surface area contributed by atoms with Gasteiger partial charge < -0.3 is 0 Å². The summed E-state index contributed by atoms with van der Waals surface area (Å²) in [5.41, 5.74) is 1.63. The number of fused-ring (bicyclic) bond motifs is 1. The average Bonchev–Trinajstić information content (AvgIpc) is 3.11. The quantitative estimate of drug-likeness (QED) is 0.701. The molecule has 4 rings (SSSR count). The van der Waals surface area contributed by atoms with Crippen LogP contribution in [0.15, 0.2) is 60.9 Å². The van der Waals surface area contributed by atoms with Crippen LogP contribution in [0.25, 0.3) is 0 Å². The molecular formula is C19H17ClN4O. The highest BCUT2D eigenvalue weighted by Crippen LogP contribution is 2.35. The smallest absolute Gasteiger partial charge is 0.262 e. The third-order valence-electron chi connectivity index (χ3n) is 4.58. The molecule has 0 N–H and O–H groups in total. The number of carbonyl (C=O) groups excluding carboxylic acids is 1. The molecule has 0 spiro atoms. The first-order valence-electron chi connectivity index (χ1n) is 8.19. The number of aromatic nitrogens is 3. The molecule has 0 aliphatic carbocycles. The summed E-state index contributed by atoms with van der Waals surface area (Å²) in [6.45, 7) is 2.03. The number of amides is 1. The van der Waals surface area contributed by atoms with E-state index in [4.69, 9.17) is 11.6 Å². The fourth-order valence-electron chi connectivity index (χ4n) is 3.37. The SMILES string of the molecule is CC1CC(c2ccccc2)n2ncnc2N1C(=O)c1ccccc1Cl. The van der Waals surface area contributed by atoms with E-state index in [1.54, 1.807) is 17.0 Å². The zero-order valence-corrected chi connectivity index (χ0v) is 14.5. The third-order valence-corrected chi connectivity index (χ3v) is 4.91. The van der Waals surface area contributed by atoms with Gasteiger partial charge in [-0.15, -0.1) is 0 Å². The van der Waals surface area contributed by atoms with Crippen LogP contribution in [0.5, 0.6) is 0 Å². The van der Waals surface area contributed by atoms with Crippen LogP contribution in [0.4, 0.5) is 5.95 Å². The fourth-order valence-corrected chi connectivity index (χ4v) is 3.59. The van der Waals surface area contributed by atoms with Gasteiger partial charge in [0, 0.05) is 6.04 Å². The summed E-state index contributed by atoms with van der Waals surface area (Å²) in [6.07, 6.45) is 2.26. The second-order valence-corrected chi connectivity index (χ2v) is 6.58. The molecule has 0 bridgehead atoms. The van der Waals surface area contributed by atoms with Crippen LogP contribution in [-0.2, 0) is 0 Å². The van der Waals surface area contributed by atoms with E-state index in [0.29, 0.717) is 16.5 Å². The summed E-state index contributed by atoms with van der Waals surface area (Å²) in [6, 6.07) is 17.3. The first-order valence-corrected chi connectivity index (χ1v) is 8.57. The number of carbonyl (C=O) groups is 1. The van der Waals surface area contributed by atoms with E-state index in [1.807, 2.05) is 41.9 Å². The predicted molar refractivity (Wildman–Crippen MR) is 96.9 cm³/mol. The molecule has 1 aromatic heterocycles. The van der Waals surface area contributed by atoms with Crippen molar-refractivity contribution in [3.63, 3.8) is 0 Å². The molecule has 2 atom stereocenters. The number of hydrogen-bond acceptors (Lipinski definition) is 3. The molecule has 25 heavy (non-hydrogen) atoms. The maximum atomic E-state index is 13.1. The molecule has 6 heteroatoms. The molecule has 0 fully saturated rings. The van der Waals surface area contributed by atoms with Gasteiger partial charge in [0.05, 0.1) is 16.6 Å². The van der Waals surface area contributed by atoms with Gasteiger partial charge in [0.15, 0.2) is 0 Å². The molecule has 3 aromatic rings. The molecule has 126 valence electrons. The maximum absolute atomic E-state index is 13.1. The minimum atomic E-state index is -0.154. The molecule has 0 radical (unpaired) electrons. The van der Waals surface area contributed by atoms with Crippen molar-refractivity contribution in [2.24, 2.45) is 0 Å². The lowest BCUT2D eigenvalue weighted by Crippen LogP contribution is -2.46.